The van der Waals surface area contributed by atoms with Gasteiger partial charge in [-0.05, 0) is 47.0 Å². The van der Waals surface area contributed by atoms with E-state index >= 15 is 0 Å². The van der Waals surface area contributed by atoms with Crippen LogP contribution >= 0.6 is 0 Å². The van der Waals surface area contributed by atoms with Gasteiger partial charge in [0.1, 0.15) is 17.2 Å². The van der Waals surface area contributed by atoms with E-state index in [0.717, 1.165) is 44.8 Å². The highest BCUT2D eigenvalue weighted by molar-refractivity contribution is 5.89. The molecule has 0 aliphatic carbocycles. The number of nitrogens with zero attached hydrogens (tertiary/aromatic N) is 1. The van der Waals surface area contributed by atoms with Crippen LogP contribution in [0.3, 0.4) is 0 Å². The van der Waals surface area contributed by atoms with E-state index in [1.54, 1.807) is 21.3 Å². The number of rotatable bonds is 9. The van der Waals surface area contributed by atoms with Crippen molar-refractivity contribution < 1.29 is 19.0 Å². The second-order valence-electron chi connectivity index (χ2n) is 7.83. The number of hydrogen-bond donors (Lipinski definition) is 1. The molecule has 0 aliphatic rings. The lowest BCUT2D eigenvalue weighted by Crippen LogP contribution is -2.24. The monoisotopic (exact) mass is 444 g/mol. The third-order valence-electron chi connectivity index (χ3n) is 5.61. The van der Waals surface area contributed by atoms with Crippen molar-refractivity contribution in [3.63, 3.8) is 0 Å². The molecule has 1 amide bonds. The highest BCUT2D eigenvalue weighted by Gasteiger charge is 2.13. The maximum atomic E-state index is 12.7. The quantitative estimate of drug-likeness (QED) is 0.411. The smallest absolute Gasteiger partial charge is 0.224 e. The maximum absolute atomic E-state index is 12.7. The Morgan fingerprint density at radius 3 is 2.24 bits per heavy atom. The lowest BCUT2D eigenvalue weighted by Gasteiger charge is -2.10. The summed E-state index contributed by atoms with van der Waals surface area (Å²) in [5, 5.41) is 4.09. The molecule has 1 aromatic heterocycles. The first-order valence-corrected chi connectivity index (χ1v) is 10.8. The molecule has 170 valence electrons. The van der Waals surface area contributed by atoms with Crippen molar-refractivity contribution in [3.8, 4) is 17.2 Å². The van der Waals surface area contributed by atoms with Crippen molar-refractivity contribution in [2.75, 3.05) is 21.3 Å². The first kappa shape index (κ1) is 22.3. The van der Waals surface area contributed by atoms with Crippen molar-refractivity contribution in [3.05, 3.63) is 89.6 Å². The van der Waals surface area contributed by atoms with Gasteiger partial charge in [0.25, 0.3) is 0 Å². The van der Waals surface area contributed by atoms with E-state index in [-0.39, 0.29) is 5.91 Å². The summed E-state index contributed by atoms with van der Waals surface area (Å²) < 4.78 is 18.2. The van der Waals surface area contributed by atoms with E-state index in [4.69, 9.17) is 14.2 Å². The van der Waals surface area contributed by atoms with E-state index in [0.29, 0.717) is 19.5 Å². The molecule has 4 rings (SSSR count). The fourth-order valence-corrected chi connectivity index (χ4v) is 3.97. The SMILES string of the molecule is COc1cccc(CNC(=O)Cc2cn(Cc3cc(OC)cc(OC)c3)c3ccccc23)c1. The molecule has 0 bridgehead atoms. The predicted octanol–water partition coefficient (Wildman–Crippen LogP) is 4.57. The van der Waals surface area contributed by atoms with Gasteiger partial charge < -0.3 is 24.1 Å². The van der Waals surface area contributed by atoms with E-state index in [9.17, 15) is 4.79 Å². The molecule has 0 atom stereocenters. The second-order valence-corrected chi connectivity index (χ2v) is 7.83. The van der Waals surface area contributed by atoms with Crippen molar-refractivity contribution in [1.29, 1.82) is 0 Å². The Balaban J connectivity index is 1.53. The van der Waals surface area contributed by atoms with Crippen LogP contribution in [-0.2, 0) is 24.3 Å². The molecular formula is C27H28N2O4. The fourth-order valence-electron chi connectivity index (χ4n) is 3.97. The number of amides is 1. The Morgan fingerprint density at radius 1 is 0.818 bits per heavy atom. The largest absolute Gasteiger partial charge is 0.497 e. The average molecular weight is 445 g/mol. The minimum absolute atomic E-state index is 0.0243. The number of nitrogens with one attached hydrogen (secondary N) is 1. The van der Waals surface area contributed by atoms with Crippen LogP contribution in [0.1, 0.15) is 16.7 Å². The molecule has 3 aromatic carbocycles. The van der Waals surface area contributed by atoms with Gasteiger partial charge in [-0.15, -0.1) is 0 Å². The van der Waals surface area contributed by atoms with E-state index in [1.165, 1.54) is 0 Å². The number of aromatic nitrogens is 1. The first-order chi connectivity index (χ1) is 16.1. The number of benzene rings is 3. The first-order valence-electron chi connectivity index (χ1n) is 10.8. The molecule has 0 saturated carbocycles. The molecule has 6 nitrogen and oxygen atoms in total. The van der Waals surface area contributed by atoms with Gasteiger partial charge in [0, 0.05) is 36.3 Å². The molecule has 0 radical (unpaired) electrons. The third-order valence-corrected chi connectivity index (χ3v) is 5.61. The third kappa shape index (κ3) is 5.29. The Morgan fingerprint density at radius 2 is 1.52 bits per heavy atom. The highest BCUT2D eigenvalue weighted by atomic mass is 16.5. The molecule has 0 spiro atoms. The van der Waals surface area contributed by atoms with Gasteiger partial charge in [-0.25, -0.2) is 0 Å². The lowest BCUT2D eigenvalue weighted by atomic mass is 10.1. The molecule has 0 fully saturated rings. The van der Waals surface area contributed by atoms with Crippen molar-refractivity contribution >= 4 is 16.8 Å². The summed E-state index contributed by atoms with van der Waals surface area (Å²) in [5.41, 5.74) is 4.12. The van der Waals surface area contributed by atoms with Crippen LogP contribution in [0, 0.1) is 0 Å². The molecule has 1 heterocycles. The summed E-state index contributed by atoms with van der Waals surface area (Å²) in [5.74, 6) is 2.25. The number of para-hydroxylation sites is 1. The highest BCUT2D eigenvalue weighted by Crippen LogP contribution is 2.26. The predicted molar refractivity (Wildman–Crippen MR) is 129 cm³/mol. The second kappa shape index (κ2) is 10.1. The number of carbonyl (C=O) groups is 1. The lowest BCUT2D eigenvalue weighted by molar-refractivity contribution is -0.120. The van der Waals surface area contributed by atoms with E-state index in [1.807, 2.05) is 54.6 Å². The zero-order chi connectivity index (χ0) is 23.2. The summed E-state index contributed by atoms with van der Waals surface area (Å²) in [7, 11) is 4.92. The molecule has 0 unspecified atom stereocenters. The van der Waals surface area contributed by atoms with Crippen LogP contribution < -0.4 is 19.5 Å². The number of ether oxygens (including phenoxy) is 3. The summed E-state index contributed by atoms with van der Waals surface area (Å²) >= 11 is 0. The van der Waals surface area contributed by atoms with Crippen LogP contribution in [0.2, 0.25) is 0 Å². The van der Waals surface area contributed by atoms with Crippen molar-refractivity contribution in [2.45, 2.75) is 19.5 Å². The molecule has 6 heteroatoms. The van der Waals surface area contributed by atoms with Crippen LogP contribution in [0.4, 0.5) is 0 Å². The van der Waals surface area contributed by atoms with Crippen LogP contribution in [-0.4, -0.2) is 31.8 Å². The van der Waals surface area contributed by atoms with Crippen LogP contribution in [0.25, 0.3) is 10.9 Å². The summed E-state index contributed by atoms with van der Waals surface area (Å²) in [6.45, 7) is 1.10. The summed E-state index contributed by atoms with van der Waals surface area (Å²) in [4.78, 5) is 12.7. The molecule has 0 aliphatic heterocycles. The topological polar surface area (TPSA) is 61.7 Å². The van der Waals surface area contributed by atoms with Gasteiger partial charge in [0.15, 0.2) is 0 Å². The molecule has 4 aromatic rings. The number of carbonyl (C=O) groups excluding carboxylic acids is 1. The summed E-state index contributed by atoms with van der Waals surface area (Å²) in [6, 6.07) is 21.7. The zero-order valence-corrected chi connectivity index (χ0v) is 19.1. The zero-order valence-electron chi connectivity index (χ0n) is 19.1. The average Bonchev–Trinajstić information content (AvgIpc) is 3.19. The number of fused-ring (bicyclic) bond motifs is 1. The Kier molecular flexibility index (Phi) is 6.83. The van der Waals surface area contributed by atoms with Gasteiger partial charge >= 0.3 is 0 Å². The maximum Gasteiger partial charge on any atom is 0.224 e. The Labute approximate surface area is 193 Å². The standard InChI is InChI=1S/C27H28N2O4/c1-31-22-8-6-7-19(11-22)16-28-27(30)14-21-18-29(26-10-5-4-9-25(21)26)17-20-12-23(32-2)15-24(13-20)33-3/h4-13,15,18H,14,16-17H2,1-3H3,(H,28,30). The van der Waals surface area contributed by atoms with Crippen molar-refractivity contribution in [2.24, 2.45) is 0 Å². The molecule has 33 heavy (non-hydrogen) atoms. The minimum atomic E-state index is -0.0243. The molecular weight excluding hydrogens is 416 g/mol. The van der Waals surface area contributed by atoms with E-state index in [2.05, 4.69) is 28.2 Å². The van der Waals surface area contributed by atoms with Gasteiger partial charge in [0.2, 0.25) is 5.91 Å². The molecule has 0 saturated heterocycles. The van der Waals surface area contributed by atoms with Gasteiger partial charge in [0.05, 0.1) is 27.8 Å². The summed E-state index contributed by atoms with van der Waals surface area (Å²) in [6.07, 6.45) is 2.36. The van der Waals surface area contributed by atoms with E-state index < -0.39 is 0 Å². The van der Waals surface area contributed by atoms with Crippen LogP contribution in [0.5, 0.6) is 17.2 Å². The van der Waals surface area contributed by atoms with Crippen molar-refractivity contribution in [1.82, 2.24) is 9.88 Å². The Hall–Kier alpha value is -3.93. The molecule has 1 N–H and O–H groups in total. The van der Waals surface area contributed by atoms with Gasteiger partial charge in [-0.3, -0.25) is 4.79 Å². The Bertz CT molecular complexity index is 1240. The van der Waals surface area contributed by atoms with Crippen LogP contribution in [0.15, 0.2) is 72.9 Å². The normalized spacial score (nSPS) is 10.8. The fraction of sp³-hybridized carbons (Fsp3) is 0.222. The van der Waals surface area contributed by atoms with Gasteiger partial charge in [-0.2, -0.15) is 0 Å². The number of methoxy groups -OCH3 is 3. The number of hydrogen-bond acceptors (Lipinski definition) is 4. The minimum Gasteiger partial charge on any atom is -0.497 e. The van der Waals surface area contributed by atoms with Gasteiger partial charge in [-0.1, -0.05) is 30.3 Å².